The van der Waals surface area contributed by atoms with Crippen molar-refractivity contribution >= 4 is 33.9 Å². The zero-order valence-electron chi connectivity index (χ0n) is 7.66. The van der Waals surface area contributed by atoms with Gasteiger partial charge in [0.05, 0.1) is 21.9 Å². The predicted octanol–water partition coefficient (Wildman–Crippen LogP) is 2.36. The van der Waals surface area contributed by atoms with Crippen molar-refractivity contribution in [1.29, 1.82) is 5.26 Å². The SMILES string of the molecule is N#CNc1cc2cccnc2c(Cl)c1N. The highest BCUT2D eigenvalue weighted by atomic mass is 35.5. The van der Waals surface area contributed by atoms with Crippen LogP contribution in [-0.4, -0.2) is 4.98 Å². The number of hydrogen-bond donors (Lipinski definition) is 2. The van der Waals surface area contributed by atoms with Gasteiger partial charge in [0, 0.05) is 11.6 Å². The van der Waals surface area contributed by atoms with Crippen molar-refractivity contribution in [2.45, 2.75) is 0 Å². The molecule has 0 amide bonds. The van der Waals surface area contributed by atoms with Crippen molar-refractivity contribution in [2.24, 2.45) is 0 Å². The molecule has 0 atom stereocenters. The highest BCUT2D eigenvalue weighted by molar-refractivity contribution is 6.38. The molecule has 15 heavy (non-hydrogen) atoms. The number of halogens is 1. The maximum Gasteiger partial charge on any atom is 0.181 e. The van der Waals surface area contributed by atoms with Gasteiger partial charge in [-0.05, 0) is 12.1 Å². The van der Waals surface area contributed by atoms with Gasteiger partial charge in [0.15, 0.2) is 6.19 Å². The van der Waals surface area contributed by atoms with Crippen LogP contribution in [0, 0.1) is 11.5 Å². The number of rotatable bonds is 1. The lowest BCUT2D eigenvalue weighted by atomic mass is 10.1. The summed E-state index contributed by atoms with van der Waals surface area (Å²) in [6, 6.07) is 5.40. The van der Waals surface area contributed by atoms with Crippen molar-refractivity contribution in [3.63, 3.8) is 0 Å². The molecule has 0 saturated heterocycles. The van der Waals surface area contributed by atoms with Gasteiger partial charge < -0.3 is 5.73 Å². The van der Waals surface area contributed by atoms with Gasteiger partial charge in [0.1, 0.15) is 0 Å². The molecule has 2 aromatic rings. The number of nitrogen functional groups attached to an aromatic ring is 1. The van der Waals surface area contributed by atoms with E-state index in [4.69, 9.17) is 22.6 Å². The number of nitrogens with two attached hydrogens (primary N) is 1. The van der Waals surface area contributed by atoms with Crippen LogP contribution in [0.15, 0.2) is 24.4 Å². The third-order valence-electron chi connectivity index (χ3n) is 2.06. The van der Waals surface area contributed by atoms with E-state index in [0.717, 1.165) is 5.39 Å². The second-order valence-corrected chi connectivity index (χ2v) is 3.34. The van der Waals surface area contributed by atoms with Crippen molar-refractivity contribution in [2.75, 3.05) is 11.1 Å². The molecular weight excluding hydrogens is 212 g/mol. The lowest BCUT2D eigenvalue weighted by molar-refractivity contribution is 1.41. The summed E-state index contributed by atoms with van der Waals surface area (Å²) < 4.78 is 0. The van der Waals surface area contributed by atoms with E-state index in [2.05, 4.69) is 10.3 Å². The van der Waals surface area contributed by atoms with Crippen molar-refractivity contribution in [3.05, 3.63) is 29.4 Å². The van der Waals surface area contributed by atoms with Crippen molar-refractivity contribution in [3.8, 4) is 6.19 Å². The normalized spacial score (nSPS) is 9.87. The number of fused-ring (bicyclic) bond motifs is 1. The van der Waals surface area contributed by atoms with Gasteiger partial charge in [-0.15, -0.1) is 0 Å². The first-order valence-corrected chi connectivity index (χ1v) is 4.59. The fraction of sp³-hybridized carbons (Fsp3) is 0. The Morgan fingerprint density at radius 3 is 3.07 bits per heavy atom. The fourth-order valence-corrected chi connectivity index (χ4v) is 1.62. The Bertz CT molecular complexity index is 559. The number of pyridine rings is 1. The second kappa shape index (κ2) is 3.64. The van der Waals surface area contributed by atoms with E-state index in [9.17, 15) is 0 Å². The van der Waals surface area contributed by atoms with Crippen LogP contribution in [0.4, 0.5) is 11.4 Å². The third-order valence-corrected chi connectivity index (χ3v) is 2.45. The number of nitrogens with zero attached hydrogens (tertiary/aromatic N) is 2. The van der Waals surface area contributed by atoms with Gasteiger partial charge in [-0.25, -0.2) is 0 Å². The molecule has 3 N–H and O–H groups in total. The maximum atomic E-state index is 8.53. The average molecular weight is 219 g/mol. The molecule has 0 unspecified atom stereocenters. The molecule has 74 valence electrons. The Balaban J connectivity index is 2.78. The second-order valence-electron chi connectivity index (χ2n) is 2.96. The molecule has 0 saturated carbocycles. The quantitative estimate of drug-likeness (QED) is 0.438. The lowest BCUT2D eigenvalue weighted by Crippen LogP contribution is -1.97. The molecular formula is C10H7ClN4. The topological polar surface area (TPSA) is 74.7 Å². The van der Waals surface area contributed by atoms with Crippen LogP contribution in [-0.2, 0) is 0 Å². The molecule has 5 heteroatoms. The van der Waals surface area contributed by atoms with Gasteiger partial charge >= 0.3 is 0 Å². The molecule has 0 aliphatic rings. The number of hydrogen-bond acceptors (Lipinski definition) is 4. The molecule has 0 aliphatic carbocycles. The van der Waals surface area contributed by atoms with Crippen molar-refractivity contribution < 1.29 is 0 Å². The van der Waals surface area contributed by atoms with E-state index in [-0.39, 0.29) is 0 Å². The van der Waals surface area contributed by atoms with Gasteiger partial charge in [-0.1, -0.05) is 17.7 Å². The molecule has 0 fully saturated rings. The molecule has 1 aromatic heterocycles. The smallest absolute Gasteiger partial charge is 0.181 e. The fourth-order valence-electron chi connectivity index (χ4n) is 1.36. The Morgan fingerprint density at radius 1 is 1.53 bits per heavy atom. The number of nitrogens with one attached hydrogen (secondary N) is 1. The summed E-state index contributed by atoms with van der Waals surface area (Å²) in [5, 5.41) is 12.2. The summed E-state index contributed by atoms with van der Waals surface area (Å²) in [5.41, 5.74) is 7.23. The molecule has 2 rings (SSSR count). The van der Waals surface area contributed by atoms with Crippen LogP contribution in [0.2, 0.25) is 5.02 Å². The van der Waals surface area contributed by atoms with Crippen LogP contribution in [0.5, 0.6) is 0 Å². The van der Waals surface area contributed by atoms with Gasteiger partial charge in [0.2, 0.25) is 0 Å². The Hall–Kier alpha value is -1.99. The highest BCUT2D eigenvalue weighted by Gasteiger charge is 2.09. The molecule has 4 nitrogen and oxygen atoms in total. The predicted molar refractivity (Wildman–Crippen MR) is 60.4 cm³/mol. The zero-order valence-corrected chi connectivity index (χ0v) is 8.42. The maximum absolute atomic E-state index is 8.53. The van der Waals surface area contributed by atoms with Crippen LogP contribution < -0.4 is 11.1 Å². The third kappa shape index (κ3) is 1.53. The molecule has 0 radical (unpaired) electrons. The molecule has 0 aliphatic heterocycles. The summed E-state index contributed by atoms with van der Waals surface area (Å²) in [6.07, 6.45) is 3.45. The monoisotopic (exact) mass is 218 g/mol. The van der Waals surface area contributed by atoms with Gasteiger partial charge in [0.25, 0.3) is 0 Å². The molecule has 1 aromatic carbocycles. The molecule has 0 bridgehead atoms. The Labute approximate surface area is 91.3 Å². The molecule has 1 heterocycles. The standard InChI is InChI=1S/C10H7ClN4/c11-8-9(13)7(15-5-12)4-6-2-1-3-14-10(6)8/h1-4,15H,13H2. The first-order valence-electron chi connectivity index (χ1n) is 4.22. The van der Waals surface area contributed by atoms with Crippen LogP contribution in [0.1, 0.15) is 0 Å². The Kier molecular flexibility index (Phi) is 2.32. The average Bonchev–Trinajstić information content (AvgIpc) is 2.26. The first kappa shape index (κ1) is 9.56. The highest BCUT2D eigenvalue weighted by Crippen LogP contribution is 2.33. The van der Waals surface area contributed by atoms with E-state index in [1.54, 1.807) is 18.3 Å². The van der Waals surface area contributed by atoms with E-state index < -0.39 is 0 Å². The lowest BCUT2D eigenvalue weighted by Gasteiger charge is -2.07. The largest absolute Gasteiger partial charge is 0.396 e. The van der Waals surface area contributed by atoms with Gasteiger partial charge in [-0.2, -0.15) is 5.26 Å². The minimum atomic E-state index is 0.337. The van der Waals surface area contributed by atoms with Crippen LogP contribution >= 0.6 is 11.6 Å². The summed E-state index contributed by atoms with van der Waals surface area (Å²) in [5.74, 6) is 0. The van der Waals surface area contributed by atoms with Crippen molar-refractivity contribution in [1.82, 2.24) is 4.98 Å². The van der Waals surface area contributed by atoms with E-state index in [1.165, 1.54) is 0 Å². The van der Waals surface area contributed by atoms with E-state index in [0.29, 0.717) is 21.9 Å². The molecule has 0 spiro atoms. The van der Waals surface area contributed by atoms with Crippen LogP contribution in [0.25, 0.3) is 10.9 Å². The van der Waals surface area contributed by atoms with Crippen LogP contribution in [0.3, 0.4) is 0 Å². The number of benzene rings is 1. The first-order chi connectivity index (χ1) is 7.24. The van der Waals surface area contributed by atoms with E-state index in [1.807, 2.05) is 12.3 Å². The summed E-state index contributed by atoms with van der Waals surface area (Å²) in [6.45, 7) is 0. The number of anilines is 2. The summed E-state index contributed by atoms with van der Waals surface area (Å²) >= 11 is 6.03. The summed E-state index contributed by atoms with van der Waals surface area (Å²) in [4.78, 5) is 4.12. The minimum Gasteiger partial charge on any atom is -0.396 e. The zero-order chi connectivity index (χ0) is 10.8. The minimum absolute atomic E-state index is 0.337. The van der Waals surface area contributed by atoms with E-state index >= 15 is 0 Å². The number of nitriles is 1. The Morgan fingerprint density at radius 2 is 2.33 bits per heavy atom. The number of aromatic nitrogens is 1. The summed E-state index contributed by atoms with van der Waals surface area (Å²) in [7, 11) is 0. The van der Waals surface area contributed by atoms with Gasteiger partial charge in [-0.3, -0.25) is 10.3 Å².